The standard InChI is InChI=1S/C16H19BClFN2O2/c1-15(2)16(3,4)23-17(22-15)12-8-20-21(10-12)9-11-6-5-7-13(19)14(11)18/h5-8,10H,9H2,1-4H3. The number of rotatable bonds is 3. The maximum atomic E-state index is 13.5. The maximum absolute atomic E-state index is 13.5. The molecule has 0 aliphatic carbocycles. The monoisotopic (exact) mass is 336 g/mol. The van der Waals surface area contributed by atoms with E-state index in [0.717, 1.165) is 5.46 Å². The second-order valence-electron chi connectivity index (χ2n) is 6.77. The van der Waals surface area contributed by atoms with Gasteiger partial charge in [0.2, 0.25) is 0 Å². The fourth-order valence-corrected chi connectivity index (χ4v) is 2.60. The molecule has 23 heavy (non-hydrogen) atoms. The molecule has 122 valence electrons. The lowest BCUT2D eigenvalue weighted by atomic mass is 9.82. The smallest absolute Gasteiger partial charge is 0.399 e. The molecule has 1 aliphatic rings. The minimum atomic E-state index is -0.461. The molecule has 0 spiro atoms. The van der Waals surface area contributed by atoms with Crippen LogP contribution in [-0.4, -0.2) is 28.1 Å². The lowest BCUT2D eigenvalue weighted by Crippen LogP contribution is -2.41. The molecule has 0 bridgehead atoms. The van der Waals surface area contributed by atoms with E-state index in [0.29, 0.717) is 12.1 Å². The van der Waals surface area contributed by atoms with Gasteiger partial charge in [-0.15, -0.1) is 0 Å². The first-order chi connectivity index (χ1) is 10.7. The number of aromatic nitrogens is 2. The van der Waals surface area contributed by atoms with Gasteiger partial charge in [-0.2, -0.15) is 5.10 Å². The third-order valence-corrected chi connectivity index (χ3v) is 4.97. The van der Waals surface area contributed by atoms with Crippen molar-refractivity contribution in [3.8, 4) is 0 Å². The number of nitrogens with zero attached hydrogens (tertiary/aromatic N) is 2. The van der Waals surface area contributed by atoms with Crippen molar-refractivity contribution in [2.24, 2.45) is 0 Å². The van der Waals surface area contributed by atoms with Crippen LogP contribution in [0.3, 0.4) is 0 Å². The fourth-order valence-electron chi connectivity index (χ4n) is 2.41. The molecule has 4 nitrogen and oxygen atoms in total. The molecule has 3 rings (SSSR count). The van der Waals surface area contributed by atoms with Gasteiger partial charge in [0.1, 0.15) is 5.82 Å². The molecule has 0 atom stereocenters. The van der Waals surface area contributed by atoms with Crippen LogP contribution in [0.5, 0.6) is 0 Å². The van der Waals surface area contributed by atoms with E-state index in [9.17, 15) is 4.39 Å². The Bertz CT molecular complexity index is 717. The summed E-state index contributed by atoms with van der Waals surface area (Å²) < 4.78 is 27.2. The zero-order valence-corrected chi connectivity index (χ0v) is 14.4. The van der Waals surface area contributed by atoms with Crippen LogP contribution >= 0.6 is 11.6 Å². The minimum absolute atomic E-state index is 0.125. The Hall–Kier alpha value is -1.37. The molecule has 0 radical (unpaired) electrons. The SMILES string of the molecule is CC1(C)OB(c2cnn(Cc3cccc(F)c3Cl)c2)OC1(C)C. The molecule has 2 heterocycles. The van der Waals surface area contributed by atoms with Gasteiger partial charge in [-0.05, 0) is 39.3 Å². The van der Waals surface area contributed by atoms with Gasteiger partial charge < -0.3 is 9.31 Å². The zero-order valence-electron chi connectivity index (χ0n) is 13.6. The van der Waals surface area contributed by atoms with Crippen LogP contribution in [0, 0.1) is 5.82 Å². The summed E-state index contributed by atoms with van der Waals surface area (Å²) in [5.74, 6) is -0.428. The Labute approximate surface area is 140 Å². The third kappa shape index (κ3) is 3.03. The van der Waals surface area contributed by atoms with Crippen molar-refractivity contribution < 1.29 is 13.7 Å². The van der Waals surface area contributed by atoms with Crippen molar-refractivity contribution in [1.29, 1.82) is 0 Å². The Morgan fingerprint density at radius 3 is 2.52 bits per heavy atom. The van der Waals surface area contributed by atoms with E-state index in [1.165, 1.54) is 6.07 Å². The largest absolute Gasteiger partial charge is 0.498 e. The number of benzene rings is 1. The molecule has 0 N–H and O–H groups in total. The highest BCUT2D eigenvalue weighted by Crippen LogP contribution is 2.36. The summed E-state index contributed by atoms with van der Waals surface area (Å²) in [6, 6.07) is 4.75. The average Bonchev–Trinajstić information content (AvgIpc) is 2.98. The molecular formula is C16H19BClFN2O2. The minimum Gasteiger partial charge on any atom is -0.399 e. The molecule has 1 fully saturated rings. The summed E-state index contributed by atoms with van der Waals surface area (Å²) in [6.07, 6.45) is 3.54. The summed E-state index contributed by atoms with van der Waals surface area (Å²) in [5, 5.41) is 4.42. The molecule has 1 aliphatic heterocycles. The first-order valence-electron chi connectivity index (χ1n) is 7.50. The van der Waals surface area contributed by atoms with E-state index in [2.05, 4.69) is 5.10 Å². The zero-order chi connectivity index (χ0) is 16.8. The molecule has 2 aromatic rings. The average molecular weight is 337 g/mol. The van der Waals surface area contributed by atoms with Crippen LogP contribution in [-0.2, 0) is 15.9 Å². The van der Waals surface area contributed by atoms with Crippen molar-refractivity contribution in [3.63, 3.8) is 0 Å². The highest BCUT2D eigenvalue weighted by molar-refractivity contribution is 6.62. The third-order valence-electron chi connectivity index (χ3n) is 4.54. The van der Waals surface area contributed by atoms with Gasteiger partial charge in [-0.25, -0.2) is 4.39 Å². The topological polar surface area (TPSA) is 36.3 Å². The van der Waals surface area contributed by atoms with Gasteiger partial charge in [0.25, 0.3) is 0 Å². The van der Waals surface area contributed by atoms with Crippen LogP contribution in [0.15, 0.2) is 30.6 Å². The van der Waals surface area contributed by atoms with Gasteiger partial charge in [0.05, 0.1) is 22.8 Å². The van der Waals surface area contributed by atoms with E-state index in [1.54, 1.807) is 23.0 Å². The van der Waals surface area contributed by atoms with Gasteiger partial charge in [0.15, 0.2) is 0 Å². The van der Waals surface area contributed by atoms with Crippen molar-refractivity contribution >= 4 is 24.2 Å². The Kier molecular flexibility index (Phi) is 4.03. The normalized spacial score (nSPS) is 19.3. The summed E-state index contributed by atoms with van der Waals surface area (Å²) in [4.78, 5) is 0. The lowest BCUT2D eigenvalue weighted by molar-refractivity contribution is 0.00578. The van der Waals surface area contributed by atoms with Crippen molar-refractivity contribution in [1.82, 2.24) is 9.78 Å². The van der Waals surface area contributed by atoms with Gasteiger partial charge in [-0.3, -0.25) is 4.68 Å². The van der Waals surface area contributed by atoms with E-state index >= 15 is 0 Å². The second kappa shape index (κ2) is 5.62. The van der Waals surface area contributed by atoms with Crippen LogP contribution in [0.1, 0.15) is 33.3 Å². The lowest BCUT2D eigenvalue weighted by Gasteiger charge is -2.32. The summed E-state index contributed by atoms with van der Waals surface area (Å²) >= 11 is 5.99. The second-order valence-corrected chi connectivity index (χ2v) is 7.15. The summed E-state index contributed by atoms with van der Waals surface area (Å²) in [7, 11) is -0.461. The summed E-state index contributed by atoms with van der Waals surface area (Å²) in [6.45, 7) is 8.40. The number of hydrogen-bond donors (Lipinski definition) is 0. The van der Waals surface area contributed by atoms with Crippen LogP contribution in [0.25, 0.3) is 0 Å². The Balaban J connectivity index is 1.78. The maximum Gasteiger partial charge on any atom is 0.498 e. The molecule has 1 saturated heterocycles. The Morgan fingerprint density at radius 1 is 1.22 bits per heavy atom. The van der Waals surface area contributed by atoms with Crippen LogP contribution in [0.4, 0.5) is 4.39 Å². The highest BCUT2D eigenvalue weighted by Gasteiger charge is 2.52. The van der Waals surface area contributed by atoms with E-state index in [1.807, 2.05) is 33.9 Å². The first kappa shape index (κ1) is 16.5. The first-order valence-corrected chi connectivity index (χ1v) is 7.88. The molecular weight excluding hydrogens is 317 g/mol. The van der Waals surface area contributed by atoms with Crippen molar-refractivity contribution in [3.05, 3.63) is 47.0 Å². The van der Waals surface area contributed by atoms with E-state index in [4.69, 9.17) is 20.9 Å². The van der Waals surface area contributed by atoms with Gasteiger partial charge >= 0.3 is 7.12 Å². The molecule has 1 aromatic carbocycles. The summed E-state index contributed by atoms with van der Waals surface area (Å²) in [5.41, 5.74) is 0.712. The molecule has 1 aromatic heterocycles. The van der Waals surface area contributed by atoms with Gasteiger partial charge in [-0.1, -0.05) is 23.7 Å². The predicted octanol–water partition coefficient (Wildman–Crippen LogP) is 3.02. The molecule has 0 saturated carbocycles. The van der Waals surface area contributed by atoms with Gasteiger partial charge in [0, 0.05) is 17.9 Å². The number of hydrogen-bond acceptors (Lipinski definition) is 3. The fraction of sp³-hybridized carbons (Fsp3) is 0.438. The van der Waals surface area contributed by atoms with Crippen molar-refractivity contribution in [2.45, 2.75) is 45.4 Å². The van der Waals surface area contributed by atoms with Crippen LogP contribution < -0.4 is 5.46 Å². The van der Waals surface area contributed by atoms with Crippen LogP contribution in [0.2, 0.25) is 5.02 Å². The predicted molar refractivity (Wildman–Crippen MR) is 88.5 cm³/mol. The van der Waals surface area contributed by atoms with E-state index in [-0.39, 0.29) is 5.02 Å². The van der Waals surface area contributed by atoms with E-state index < -0.39 is 24.1 Å². The molecule has 0 unspecified atom stereocenters. The molecule has 7 heteroatoms. The highest BCUT2D eigenvalue weighted by atomic mass is 35.5. The Morgan fingerprint density at radius 2 is 1.87 bits per heavy atom. The quantitative estimate of drug-likeness (QED) is 0.808. The van der Waals surface area contributed by atoms with Crippen molar-refractivity contribution in [2.75, 3.05) is 0 Å². The molecule has 0 amide bonds. The number of halogens is 2.